The molecule has 0 nitrogen and oxygen atoms in total. The Labute approximate surface area is 72.8 Å². The zero-order valence-electron chi connectivity index (χ0n) is 6.40. The number of rotatable bonds is 2. The van der Waals surface area contributed by atoms with Gasteiger partial charge in [-0.2, -0.15) is 0 Å². The van der Waals surface area contributed by atoms with E-state index in [2.05, 4.69) is 0 Å². The highest BCUT2D eigenvalue weighted by molar-refractivity contribution is 7.99. The molecule has 0 amide bonds. The molecule has 0 aromatic heterocycles. The number of hydrogen-bond acceptors (Lipinski definition) is 1. The summed E-state index contributed by atoms with van der Waals surface area (Å²) in [4.78, 5) is 0.411. The summed E-state index contributed by atoms with van der Waals surface area (Å²) in [6.07, 6.45) is 0. The van der Waals surface area contributed by atoms with Gasteiger partial charge in [-0.3, -0.25) is 0 Å². The molecule has 0 aliphatic rings. The van der Waals surface area contributed by atoms with Gasteiger partial charge in [0.15, 0.2) is 17.5 Å². The van der Waals surface area contributed by atoms with Gasteiger partial charge in [-0.15, -0.1) is 11.8 Å². The third-order valence-electron chi connectivity index (χ3n) is 1.27. The molecule has 1 aromatic rings. The van der Waals surface area contributed by atoms with Crippen LogP contribution in [0.5, 0.6) is 0 Å². The van der Waals surface area contributed by atoms with Gasteiger partial charge >= 0.3 is 0 Å². The molecule has 0 bridgehead atoms. The topological polar surface area (TPSA) is 0 Å². The van der Waals surface area contributed by atoms with Crippen LogP contribution in [0.1, 0.15) is 6.92 Å². The molecule has 1 aromatic carbocycles. The predicted octanol–water partition coefficient (Wildman–Crippen LogP) is 3.22. The molecule has 0 saturated heterocycles. The molecule has 4 heteroatoms. The number of halogens is 3. The van der Waals surface area contributed by atoms with Crippen molar-refractivity contribution < 1.29 is 13.2 Å². The van der Waals surface area contributed by atoms with E-state index >= 15 is 0 Å². The maximum Gasteiger partial charge on any atom is 0.194 e. The van der Waals surface area contributed by atoms with Crippen LogP contribution in [0.25, 0.3) is 0 Å². The van der Waals surface area contributed by atoms with Crippen molar-refractivity contribution in [3.8, 4) is 0 Å². The highest BCUT2D eigenvalue weighted by Crippen LogP contribution is 2.22. The van der Waals surface area contributed by atoms with Crippen molar-refractivity contribution in [3.05, 3.63) is 29.6 Å². The molecule has 0 aliphatic heterocycles. The van der Waals surface area contributed by atoms with E-state index in [1.165, 1.54) is 11.8 Å². The summed E-state index contributed by atoms with van der Waals surface area (Å²) in [6.45, 7) is 1.85. The van der Waals surface area contributed by atoms with Crippen molar-refractivity contribution in [3.63, 3.8) is 0 Å². The molecule has 0 atom stereocenters. The van der Waals surface area contributed by atoms with Crippen molar-refractivity contribution in [1.29, 1.82) is 0 Å². The first-order valence-electron chi connectivity index (χ1n) is 3.42. The summed E-state index contributed by atoms with van der Waals surface area (Å²) < 4.78 is 37.5. The SMILES string of the molecule is CCSc1cc(F)c(F)c(F)c1. The summed E-state index contributed by atoms with van der Waals surface area (Å²) >= 11 is 1.27. The number of benzene rings is 1. The summed E-state index contributed by atoms with van der Waals surface area (Å²) in [5, 5.41) is 0. The zero-order chi connectivity index (χ0) is 9.14. The first-order valence-corrected chi connectivity index (χ1v) is 4.41. The fourth-order valence-corrected chi connectivity index (χ4v) is 1.49. The van der Waals surface area contributed by atoms with Gasteiger partial charge in [0.05, 0.1) is 0 Å². The second-order valence-electron chi connectivity index (χ2n) is 2.13. The minimum absolute atomic E-state index is 0.411. The van der Waals surface area contributed by atoms with Crippen LogP contribution in [0.15, 0.2) is 17.0 Å². The van der Waals surface area contributed by atoms with Gasteiger partial charge in [-0.25, -0.2) is 13.2 Å². The predicted molar refractivity (Wildman–Crippen MR) is 42.7 cm³/mol. The quantitative estimate of drug-likeness (QED) is 0.512. The van der Waals surface area contributed by atoms with Crippen molar-refractivity contribution in [2.75, 3.05) is 5.75 Å². The molecule has 0 fully saturated rings. The molecule has 0 N–H and O–H groups in total. The maximum atomic E-state index is 12.5. The Bertz CT molecular complexity index is 263. The molecular formula is C8H7F3S. The first kappa shape index (κ1) is 9.45. The third-order valence-corrected chi connectivity index (χ3v) is 2.13. The van der Waals surface area contributed by atoms with E-state index in [0.717, 1.165) is 12.1 Å². The van der Waals surface area contributed by atoms with Crippen LogP contribution in [-0.2, 0) is 0 Å². The van der Waals surface area contributed by atoms with E-state index in [1.54, 1.807) is 0 Å². The number of hydrogen-bond donors (Lipinski definition) is 0. The minimum atomic E-state index is -1.41. The molecule has 12 heavy (non-hydrogen) atoms. The molecule has 0 saturated carbocycles. The van der Waals surface area contributed by atoms with E-state index in [-0.39, 0.29) is 0 Å². The van der Waals surface area contributed by atoms with Crippen molar-refractivity contribution in [2.45, 2.75) is 11.8 Å². The van der Waals surface area contributed by atoms with E-state index in [9.17, 15) is 13.2 Å². The Morgan fingerprint density at radius 3 is 2.08 bits per heavy atom. The van der Waals surface area contributed by atoms with Gasteiger partial charge < -0.3 is 0 Å². The molecule has 66 valence electrons. The van der Waals surface area contributed by atoms with Crippen LogP contribution in [0, 0.1) is 17.5 Å². The van der Waals surface area contributed by atoms with E-state index < -0.39 is 17.5 Å². The minimum Gasteiger partial charge on any atom is -0.204 e. The van der Waals surface area contributed by atoms with Gasteiger partial charge in [0.2, 0.25) is 0 Å². The van der Waals surface area contributed by atoms with Crippen LogP contribution < -0.4 is 0 Å². The average molecular weight is 192 g/mol. The van der Waals surface area contributed by atoms with Gasteiger partial charge in [0.1, 0.15) is 0 Å². The molecule has 0 spiro atoms. The van der Waals surface area contributed by atoms with Crippen LogP contribution in [0.2, 0.25) is 0 Å². The van der Waals surface area contributed by atoms with Crippen molar-refractivity contribution >= 4 is 11.8 Å². The number of thioether (sulfide) groups is 1. The Morgan fingerprint density at radius 1 is 1.17 bits per heavy atom. The van der Waals surface area contributed by atoms with E-state index in [0.29, 0.717) is 10.6 Å². The van der Waals surface area contributed by atoms with Crippen LogP contribution in [0.3, 0.4) is 0 Å². The Balaban J connectivity index is 3.04. The molecule has 0 unspecified atom stereocenters. The van der Waals surface area contributed by atoms with Gasteiger partial charge in [-0.05, 0) is 17.9 Å². The molecule has 1 rings (SSSR count). The largest absolute Gasteiger partial charge is 0.204 e. The van der Waals surface area contributed by atoms with Crippen LogP contribution in [-0.4, -0.2) is 5.75 Å². The van der Waals surface area contributed by atoms with E-state index in [4.69, 9.17) is 0 Å². The fourth-order valence-electron chi connectivity index (χ4n) is 0.782. The summed E-state index contributed by atoms with van der Waals surface area (Å²) in [5.74, 6) is -2.97. The van der Waals surface area contributed by atoms with Crippen molar-refractivity contribution in [2.24, 2.45) is 0 Å². The van der Waals surface area contributed by atoms with Crippen LogP contribution in [0.4, 0.5) is 13.2 Å². The smallest absolute Gasteiger partial charge is 0.194 e. The maximum absolute atomic E-state index is 12.5. The molecule has 0 aliphatic carbocycles. The molecule has 0 heterocycles. The van der Waals surface area contributed by atoms with Gasteiger partial charge in [0, 0.05) is 4.90 Å². The molecular weight excluding hydrogens is 185 g/mol. The lowest BCUT2D eigenvalue weighted by molar-refractivity contribution is 0.443. The first-order chi connectivity index (χ1) is 5.65. The third kappa shape index (κ3) is 1.94. The summed E-state index contributed by atoms with van der Waals surface area (Å²) in [7, 11) is 0. The summed E-state index contributed by atoms with van der Waals surface area (Å²) in [6, 6.07) is 1.99. The second-order valence-corrected chi connectivity index (χ2v) is 3.47. The Kier molecular flexibility index (Phi) is 3.03. The zero-order valence-corrected chi connectivity index (χ0v) is 7.22. The average Bonchev–Trinajstić information content (AvgIpc) is 2.01. The highest BCUT2D eigenvalue weighted by atomic mass is 32.2. The highest BCUT2D eigenvalue weighted by Gasteiger charge is 2.09. The fraction of sp³-hybridized carbons (Fsp3) is 0.250. The van der Waals surface area contributed by atoms with Crippen molar-refractivity contribution in [1.82, 2.24) is 0 Å². The Morgan fingerprint density at radius 2 is 1.67 bits per heavy atom. The standard InChI is InChI=1S/C8H7F3S/c1-2-12-5-3-6(9)8(11)7(10)4-5/h3-4H,2H2,1H3. The second kappa shape index (κ2) is 3.85. The lowest BCUT2D eigenvalue weighted by atomic mass is 10.3. The lowest BCUT2D eigenvalue weighted by Gasteiger charge is -2.00. The summed E-state index contributed by atoms with van der Waals surface area (Å²) in [5.41, 5.74) is 0. The monoisotopic (exact) mass is 192 g/mol. The lowest BCUT2D eigenvalue weighted by Crippen LogP contribution is -1.90. The van der Waals surface area contributed by atoms with Gasteiger partial charge in [-0.1, -0.05) is 6.92 Å². The van der Waals surface area contributed by atoms with E-state index in [1.807, 2.05) is 6.92 Å². The molecule has 0 radical (unpaired) electrons. The normalized spacial score (nSPS) is 10.3. The van der Waals surface area contributed by atoms with Gasteiger partial charge in [0.25, 0.3) is 0 Å². The van der Waals surface area contributed by atoms with Crippen LogP contribution >= 0.6 is 11.8 Å². The Hall–Kier alpha value is -0.640.